The van der Waals surface area contributed by atoms with Crippen molar-refractivity contribution in [3.63, 3.8) is 0 Å². The van der Waals surface area contributed by atoms with E-state index >= 15 is 0 Å². The zero-order valence-electron chi connectivity index (χ0n) is 12.2. The van der Waals surface area contributed by atoms with Gasteiger partial charge in [-0.05, 0) is 42.5 Å². The second-order valence-corrected chi connectivity index (χ2v) is 5.73. The Morgan fingerprint density at radius 2 is 1.78 bits per heavy atom. The maximum atomic E-state index is 11.3. The van der Waals surface area contributed by atoms with Gasteiger partial charge in [-0.2, -0.15) is 0 Å². The molecule has 0 saturated carbocycles. The molecule has 0 aliphatic carbocycles. The van der Waals surface area contributed by atoms with Gasteiger partial charge in [0.15, 0.2) is 0 Å². The molecule has 0 saturated heterocycles. The van der Waals surface area contributed by atoms with Crippen molar-refractivity contribution in [2.24, 2.45) is 0 Å². The van der Waals surface area contributed by atoms with Gasteiger partial charge >= 0.3 is 11.9 Å². The third kappa shape index (κ3) is 4.37. The lowest BCUT2D eigenvalue weighted by atomic mass is 10.1. The van der Waals surface area contributed by atoms with Crippen LogP contribution in [0.5, 0.6) is 0 Å². The summed E-state index contributed by atoms with van der Waals surface area (Å²) in [5.41, 5.74) is 1.06. The van der Waals surface area contributed by atoms with Crippen molar-refractivity contribution < 1.29 is 19.8 Å². The maximum Gasteiger partial charge on any atom is 0.336 e. The SMILES string of the molecule is C=CCNc1ccc(Sc2cc(C(=O)O)ccc2C(=O)O)cc1. The van der Waals surface area contributed by atoms with E-state index in [0.29, 0.717) is 11.4 Å². The first kappa shape index (κ1) is 16.6. The summed E-state index contributed by atoms with van der Waals surface area (Å²) < 4.78 is 0. The molecule has 0 aromatic heterocycles. The summed E-state index contributed by atoms with van der Waals surface area (Å²) in [5.74, 6) is -2.18. The van der Waals surface area contributed by atoms with Crippen LogP contribution in [0.15, 0.2) is 64.9 Å². The lowest BCUT2D eigenvalue weighted by Gasteiger charge is -2.08. The normalized spacial score (nSPS) is 10.1. The lowest BCUT2D eigenvalue weighted by molar-refractivity contribution is 0.0678. The molecule has 0 atom stereocenters. The molecule has 0 bridgehead atoms. The maximum absolute atomic E-state index is 11.3. The quantitative estimate of drug-likeness (QED) is 0.669. The molecule has 0 fully saturated rings. The van der Waals surface area contributed by atoms with Gasteiger partial charge in [0.25, 0.3) is 0 Å². The molecule has 0 spiro atoms. The fraction of sp³-hybridized carbons (Fsp3) is 0.0588. The first-order valence-electron chi connectivity index (χ1n) is 6.74. The first-order chi connectivity index (χ1) is 11.0. The molecule has 0 aliphatic rings. The molecule has 2 rings (SSSR count). The average Bonchev–Trinajstić information content (AvgIpc) is 2.54. The van der Waals surface area contributed by atoms with E-state index in [-0.39, 0.29) is 11.1 Å². The molecular weight excluding hydrogens is 314 g/mol. The minimum Gasteiger partial charge on any atom is -0.478 e. The van der Waals surface area contributed by atoms with Gasteiger partial charge in [-0.1, -0.05) is 17.8 Å². The summed E-state index contributed by atoms with van der Waals surface area (Å²) in [5, 5.41) is 21.4. The van der Waals surface area contributed by atoms with Gasteiger partial charge in [0, 0.05) is 22.0 Å². The zero-order chi connectivity index (χ0) is 16.8. The number of nitrogens with one attached hydrogen (secondary N) is 1. The van der Waals surface area contributed by atoms with E-state index in [1.165, 1.54) is 30.0 Å². The fourth-order valence-corrected chi connectivity index (χ4v) is 2.85. The summed E-state index contributed by atoms with van der Waals surface area (Å²) in [7, 11) is 0. The van der Waals surface area contributed by atoms with Crippen LogP contribution in [-0.4, -0.2) is 28.7 Å². The summed E-state index contributed by atoms with van der Waals surface area (Å²) in [6.07, 6.45) is 1.75. The lowest BCUT2D eigenvalue weighted by Crippen LogP contribution is -2.02. The van der Waals surface area contributed by atoms with Crippen molar-refractivity contribution in [1.29, 1.82) is 0 Å². The van der Waals surface area contributed by atoms with Crippen LogP contribution in [0.3, 0.4) is 0 Å². The number of rotatable bonds is 7. The van der Waals surface area contributed by atoms with Crippen LogP contribution < -0.4 is 5.32 Å². The largest absolute Gasteiger partial charge is 0.478 e. The average molecular weight is 329 g/mol. The second-order valence-electron chi connectivity index (χ2n) is 4.62. The Balaban J connectivity index is 2.27. The number of carboxylic acids is 2. The summed E-state index contributed by atoms with van der Waals surface area (Å²) in [4.78, 5) is 23.6. The van der Waals surface area contributed by atoms with Crippen molar-refractivity contribution in [3.05, 3.63) is 66.2 Å². The van der Waals surface area contributed by atoms with Gasteiger partial charge < -0.3 is 15.5 Å². The van der Waals surface area contributed by atoms with E-state index in [0.717, 1.165) is 10.6 Å². The molecule has 0 heterocycles. The zero-order valence-corrected chi connectivity index (χ0v) is 13.0. The molecule has 2 aromatic carbocycles. The van der Waals surface area contributed by atoms with Crippen LogP contribution in [0.4, 0.5) is 5.69 Å². The van der Waals surface area contributed by atoms with Crippen LogP contribution >= 0.6 is 11.8 Å². The molecule has 0 aliphatic heterocycles. The number of benzene rings is 2. The second kappa shape index (κ2) is 7.51. The predicted octanol–water partition coefficient (Wildman–Crippen LogP) is 3.83. The first-order valence-corrected chi connectivity index (χ1v) is 7.56. The van der Waals surface area contributed by atoms with E-state index in [1.54, 1.807) is 6.08 Å². The van der Waals surface area contributed by atoms with Crippen molar-refractivity contribution in [2.45, 2.75) is 9.79 Å². The molecular formula is C17H15NO4S. The van der Waals surface area contributed by atoms with E-state index in [1.807, 2.05) is 24.3 Å². The molecule has 0 unspecified atom stereocenters. The van der Waals surface area contributed by atoms with E-state index in [2.05, 4.69) is 11.9 Å². The minimum atomic E-state index is -1.09. The minimum absolute atomic E-state index is 0.0572. The number of hydrogen-bond acceptors (Lipinski definition) is 4. The Morgan fingerprint density at radius 3 is 2.35 bits per heavy atom. The van der Waals surface area contributed by atoms with Crippen LogP contribution in [-0.2, 0) is 0 Å². The third-order valence-corrected chi connectivity index (χ3v) is 4.06. The predicted molar refractivity (Wildman–Crippen MR) is 89.6 cm³/mol. The number of aromatic carboxylic acids is 2. The Labute approximate surface area is 137 Å². The highest BCUT2D eigenvalue weighted by atomic mass is 32.2. The van der Waals surface area contributed by atoms with Crippen molar-refractivity contribution in [1.82, 2.24) is 0 Å². The highest BCUT2D eigenvalue weighted by Gasteiger charge is 2.14. The number of carboxylic acid groups (broad SMARTS) is 2. The van der Waals surface area contributed by atoms with Crippen LogP contribution in [0, 0.1) is 0 Å². The van der Waals surface area contributed by atoms with Gasteiger partial charge in [-0.3, -0.25) is 0 Å². The third-order valence-electron chi connectivity index (χ3n) is 2.99. The number of carbonyl (C=O) groups is 2. The molecule has 0 radical (unpaired) electrons. The molecule has 3 N–H and O–H groups in total. The van der Waals surface area contributed by atoms with Gasteiger partial charge in [-0.25, -0.2) is 9.59 Å². The monoisotopic (exact) mass is 329 g/mol. The van der Waals surface area contributed by atoms with Crippen LogP contribution in [0.25, 0.3) is 0 Å². The Kier molecular flexibility index (Phi) is 5.43. The van der Waals surface area contributed by atoms with Crippen LogP contribution in [0.2, 0.25) is 0 Å². The van der Waals surface area contributed by atoms with Crippen molar-refractivity contribution in [2.75, 3.05) is 11.9 Å². The smallest absolute Gasteiger partial charge is 0.336 e. The molecule has 2 aromatic rings. The summed E-state index contributed by atoms with van der Waals surface area (Å²) >= 11 is 1.21. The van der Waals surface area contributed by atoms with Crippen LogP contribution in [0.1, 0.15) is 20.7 Å². The highest BCUT2D eigenvalue weighted by molar-refractivity contribution is 7.99. The molecule has 23 heavy (non-hydrogen) atoms. The Bertz CT molecular complexity index is 741. The summed E-state index contributed by atoms with van der Waals surface area (Å²) in [6, 6.07) is 11.4. The standard InChI is InChI=1S/C17H15NO4S/c1-2-9-18-12-4-6-13(7-5-12)23-15-10-11(16(19)20)3-8-14(15)17(21)22/h2-8,10,18H,1,9H2,(H,19,20)(H,21,22). The molecule has 6 heteroatoms. The van der Waals surface area contributed by atoms with Gasteiger partial charge in [-0.15, -0.1) is 6.58 Å². The topological polar surface area (TPSA) is 86.6 Å². The fourth-order valence-electron chi connectivity index (χ4n) is 1.87. The summed E-state index contributed by atoms with van der Waals surface area (Å²) in [6.45, 7) is 4.28. The number of hydrogen-bond donors (Lipinski definition) is 3. The van der Waals surface area contributed by atoms with E-state index in [4.69, 9.17) is 5.11 Å². The number of anilines is 1. The van der Waals surface area contributed by atoms with E-state index in [9.17, 15) is 14.7 Å². The molecule has 118 valence electrons. The Morgan fingerprint density at radius 1 is 1.09 bits per heavy atom. The van der Waals surface area contributed by atoms with E-state index < -0.39 is 11.9 Å². The van der Waals surface area contributed by atoms with Gasteiger partial charge in [0.2, 0.25) is 0 Å². The Hall–Kier alpha value is -2.73. The van der Waals surface area contributed by atoms with Gasteiger partial charge in [0.05, 0.1) is 11.1 Å². The highest BCUT2D eigenvalue weighted by Crippen LogP contribution is 2.32. The molecule has 5 nitrogen and oxygen atoms in total. The van der Waals surface area contributed by atoms with Gasteiger partial charge in [0.1, 0.15) is 0 Å². The molecule has 0 amide bonds. The van der Waals surface area contributed by atoms with Crippen molar-refractivity contribution in [3.8, 4) is 0 Å². The van der Waals surface area contributed by atoms with Crippen molar-refractivity contribution >= 4 is 29.4 Å².